The van der Waals surface area contributed by atoms with Crippen LogP contribution < -0.4 is 0 Å². The molecule has 1 saturated carbocycles. The highest BCUT2D eigenvalue weighted by Crippen LogP contribution is 2.38. The average Bonchev–Trinajstić information content (AvgIpc) is 3.15. The SMILES string of the molecule is CN(C(=O)C(c1ccccc1)C(F)(F)F)[C@@H]1CCCC[C@H]1N1CCCC1. The van der Waals surface area contributed by atoms with E-state index in [1.807, 2.05) is 0 Å². The Morgan fingerprint density at radius 1 is 1.08 bits per heavy atom. The number of amides is 1. The fourth-order valence-corrected chi connectivity index (χ4v) is 4.53. The number of carbonyl (C=O) groups excluding carboxylic acids is 1. The number of hydrogen-bond acceptors (Lipinski definition) is 2. The number of nitrogens with zero attached hydrogens (tertiary/aromatic N) is 2. The van der Waals surface area contributed by atoms with E-state index in [4.69, 9.17) is 0 Å². The molecule has 0 bridgehead atoms. The fourth-order valence-electron chi connectivity index (χ4n) is 4.53. The lowest BCUT2D eigenvalue weighted by Gasteiger charge is -2.43. The molecule has 3 atom stereocenters. The van der Waals surface area contributed by atoms with Crippen LogP contribution in [-0.4, -0.2) is 54.1 Å². The van der Waals surface area contributed by atoms with Crippen LogP contribution in [0.1, 0.15) is 50.0 Å². The molecule has 1 aromatic carbocycles. The number of halogens is 3. The molecule has 3 rings (SSSR count). The molecule has 1 aliphatic heterocycles. The zero-order valence-corrected chi connectivity index (χ0v) is 15.2. The summed E-state index contributed by atoms with van der Waals surface area (Å²) in [5.41, 5.74) is 0.0189. The van der Waals surface area contributed by atoms with Gasteiger partial charge in [0, 0.05) is 19.1 Å². The van der Waals surface area contributed by atoms with Crippen molar-refractivity contribution in [1.82, 2.24) is 9.80 Å². The van der Waals surface area contributed by atoms with E-state index in [1.165, 1.54) is 17.0 Å². The van der Waals surface area contributed by atoms with Gasteiger partial charge < -0.3 is 4.90 Å². The maximum Gasteiger partial charge on any atom is 0.404 e. The van der Waals surface area contributed by atoms with E-state index >= 15 is 0 Å². The van der Waals surface area contributed by atoms with Crippen molar-refractivity contribution in [2.24, 2.45) is 0 Å². The Bertz CT molecular complexity index is 599. The van der Waals surface area contributed by atoms with Crippen molar-refractivity contribution in [2.75, 3.05) is 20.1 Å². The Morgan fingerprint density at radius 2 is 1.69 bits per heavy atom. The quantitative estimate of drug-likeness (QED) is 0.795. The molecule has 2 fully saturated rings. The lowest BCUT2D eigenvalue weighted by atomic mass is 9.87. The van der Waals surface area contributed by atoms with Crippen LogP contribution in [0.25, 0.3) is 0 Å². The maximum absolute atomic E-state index is 13.7. The largest absolute Gasteiger partial charge is 0.404 e. The minimum atomic E-state index is -4.59. The highest BCUT2D eigenvalue weighted by molar-refractivity contribution is 5.84. The summed E-state index contributed by atoms with van der Waals surface area (Å²) in [6.45, 7) is 1.98. The first-order valence-electron chi connectivity index (χ1n) is 9.52. The molecule has 1 saturated heterocycles. The smallest absolute Gasteiger partial charge is 0.340 e. The van der Waals surface area contributed by atoms with E-state index in [9.17, 15) is 18.0 Å². The van der Waals surface area contributed by atoms with Gasteiger partial charge in [0.2, 0.25) is 5.91 Å². The average molecular weight is 368 g/mol. The minimum Gasteiger partial charge on any atom is -0.340 e. The molecule has 0 radical (unpaired) electrons. The normalized spacial score (nSPS) is 25.8. The van der Waals surface area contributed by atoms with Gasteiger partial charge in [-0.1, -0.05) is 43.2 Å². The first-order chi connectivity index (χ1) is 12.4. The lowest BCUT2D eigenvalue weighted by molar-refractivity contribution is -0.173. The summed E-state index contributed by atoms with van der Waals surface area (Å²) in [4.78, 5) is 16.7. The third-order valence-corrected chi connectivity index (χ3v) is 5.86. The number of carbonyl (C=O) groups is 1. The number of hydrogen-bond donors (Lipinski definition) is 0. The van der Waals surface area contributed by atoms with Crippen LogP contribution in [0.15, 0.2) is 30.3 Å². The molecule has 1 aliphatic carbocycles. The van der Waals surface area contributed by atoms with Crippen LogP contribution >= 0.6 is 0 Å². The third kappa shape index (κ3) is 4.05. The van der Waals surface area contributed by atoms with Gasteiger partial charge in [0.1, 0.15) is 0 Å². The van der Waals surface area contributed by atoms with E-state index in [1.54, 1.807) is 25.2 Å². The summed E-state index contributed by atoms with van der Waals surface area (Å²) in [6, 6.07) is 7.60. The van der Waals surface area contributed by atoms with Crippen LogP contribution in [0.3, 0.4) is 0 Å². The van der Waals surface area contributed by atoms with Crippen molar-refractivity contribution >= 4 is 5.91 Å². The standard InChI is InChI=1S/C20H27F3N2O/c1-24(16-11-5-6-12-17(16)25-13-7-8-14-25)19(26)18(20(21,22)23)15-9-3-2-4-10-15/h2-4,9-10,16-18H,5-8,11-14H2,1H3/t16-,17-,18?/m1/s1. The molecule has 0 spiro atoms. The van der Waals surface area contributed by atoms with E-state index in [-0.39, 0.29) is 17.6 Å². The van der Waals surface area contributed by atoms with Gasteiger partial charge in [-0.15, -0.1) is 0 Å². The van der Waals surface area contributed by atoms with Crippen LogP contribution in [-0.2, 0) is 4.79 Å². The van der Waals surface area contributed by atoms with E-state index in [0.717, 1.165) is 51.6 Å². The van der Waals surface area contributed by atoms with Crippen LogP contribution in [0.4, 0.5) is 13.2 Å². The van der Waals surface area contributed by atoms with Crippen molar-refractivity contribution in [2.45, 2.75) is 62.7 Å². The lowest BCUT2D eigenvalue weighted by Crippen LogP contribution is -2.55. The molecule has 0 N–H and O–H groups in total. The summed E-state index contributed by atoms with van der Waals surface area (Å²) in [5, 5.41) is 0. The van der Waals surface area contributed by atoms with Gasteiger partial charge in [0.25, 0.3) is 0 Å². The van der Waals surface area contributed by atoms with Crippen molar-refractivity contribution in [3.63, 3.8) is 0 Å². The van der Waals surface area contributed by atoms with E-state index < -0.39 is 18.0 Å². The summed E-state index contributed by atoms with van der Waals surface area (Å²) >= 11 is 0. The second-order valence-electron chi connectivity index (χ2n) is 7.50. The van der Waals surface area contributed by atoms with Gasteiger partial charge in [0.05, 0.1) is 0 Å². The highest BCUT2D eigenvalue weighted by Gasteiger charge is 2.49. The maximum atomic E-state index is 13.7. The van der Waals surface area contributed by atoms with E-state index in [0.29, 0.717) is 0 Å². The molecule has 26 heavy (non-hydrogen) atoms. The van der Waals surface area contributed by atoms with E-state index in [2.05, 4.69) is 4.90 Å². The molecule has 3 nitrogen and oxygen atoms in total. The Hall–Kier alpha value is -1.56. The first-order valence-corrected chi connectivity index (χ1v) is 9.52. The third-order valence-electron chi connectivity index (χ3n) is 5.86. The van der Waals surface area contributed by atoms with Gasteiger partial charge in [-0.25, -0.2) is 0 Å². The second kappa shape index (κ2) is 7.99. The molecular weight excluding hydrogens is 341 g/mol. The van der Waals surface area contributed by atoms with Gasteiger partial charge in [-0.3, -0.25) is 9.69 Å². The van der Waals surface area contributed by atoms with Crippen molar-refractivity contribution in [3.8, 4) is 0 Å². The zero-order chi connectivity index (χ0) is 18.7. The minimum absolute atomic E-state index is 0.0189. The highest BCUT2D eigenvalue weighted by atomic mass is 19.4. The Balaban J connectivity index is 1.83. The van der Waals surface area contributed by atoms with Gasteiger partial charge in [-0.2, -0.15) is 13.2 Å². The number of benzene rings is 1. The second-order valence-corrected chi connectivity index (χ2v) is 7.50. The van der Waals surface area contributed by atoms with Gasteiger partial charge >= 0.3 is 6.18 Å². The van der Waals surface area contributed by atoms with Crippen LogP contribution in [0, 0.1) is 0 Å². The fraction of sp³-hybridized carbons (Fsp3) is 0.650. The Labute approximate surface area is 153 Å². The van der Waals surface area contributed by atoms with Crippen molar-refractivity contribution in [3.05, 3.63) is 35.9 Å². The molecule has 144 valence electrons. The molecule has 6 heteroatoms. The number of rotatable bonds is 4. The number of likely N-dealkylation sites (N-methyl/N-ethyl adjacent to an activating group) is 1. The summed E-state index contributed by atoms with van der Waals surface area (Å²) in [5.74, 6) is -2.92. The summed E-state index contributed by atoms with van der Waals surface area (Å²) < 4.78 is 41.2. The number of likely N-dealkylation sites (tertiary alicyclic amines) is 1. The molecule has 1 aromatic rings. The molecule has 1 unspecified atom stereocenters. The summed E-state index contributed by atoms with van der Waals surface area (Å²) in [7, 11) is 1.56. The van der Waals surface area contributed by atoms with Gasteiger partial charge in [0.15, 0.2) is 5.92 Å². The molecule has 1 heterocycles. The van der Waals surface area contributed by atoms with Crippen molar-refractivity contribution < 1.29 is 18.0 Å². The topological polar surface area (TPSA) is 23.6 Å². The van der Waals surface area contributed by atoms with Crippen LogP contribution in [0.5, 0.6) is 0 Å². The molecule has 0 aromatic heterocycles. The molecule has 1 amide bonds. The zero-order valence-electron chi connectivity index (χ0n) is 15.2. The predicted octanol–water partition coefficient (Wildman–Crippen LogP) is 4.20. The molecular formula is C20H27F3N2O. The monoisotopic (exact) mass is 368 g/mol. The van der Waals surface area contributed by atoms with Gasteiger partial charge in [-0.05, 0) is 44.3 Å². The van der Waals surface area contributed by atoms with Crippen LogP contribution in [0.2, 0.25) is 0 Å². The Kier molecular flexibility index (Phi) is 5.90. The first kappa shape index (κ1) is 19.2. The summed E-state index contributed by atoms with van der Waals surface area (Å²) in [6.07, 6.45) is 1.47. The Morgan fingerprint density at radius 3 is 2.31 bits per heavy atom. The van der Waals surface area contributed by atoms with Crippen molar-refractivity contribution in [1.29, 1.82) is 0 Å². The predicted molar refractivity (Wildman–Crippen MR) is 94.9 cm³/mol. The number of alkyl halides is 3. The molecule has 2 aliphatic rings.